The number of anilines is 1. The van der Waals surface area contributed by atoms with Gasteiger partial charge in [-0.2, -0.15) is 0 Å². The quantitative estimate of drug-likeness (QED) is 0.752. The van der Waals surface area contributed by atoms with E-state index < -0.39 is 17.5 Å². The molecule has 0 radical (unpaired) electrons. The van der Waals surface area contributed by atoms with Crippen molar-refractivity contribution < 1.29 is 18.8 Å². The molecule has 1 N–H and O–H groups in total. The van der Waals surface area contributed by atoms with E-state index in [1.54, 1.807) is 30.9 Å². The van der Waals surface area contributed by atoms with Crippen molar-refractivity contribution in [1.82, 2.24) is 15.1 Å². The zero-order chi connectivity index (χ0) is 21.5. The lowest BCUT2D eigenvalue weighted by Crippen LogP contribution is -2.52. The Labute approximate surface area is 179 Å². The van der Waals surface area contributed by atoms with Gasteiger partial charge in [-0.15, -0.1) is 0 Å². The molecule has 2 fully saturated rings. The number of nitrogens with zero attached hydrogens (tertiary/aromatic N) is 3. The molecule has 9 heteroatoms. The van der Waals surface area contributed by atoms with Gasteiger partial charge in [0.15, 0.2) is 5.54 Å². The summed E-state index contributed by atoms with van der Waals surface area (Å²) in [4.78, 5) is 42.9. The number of furan rings is 1. The lowest BCUT2D eigenvalue weighted by molar-refractivity contribution is -0.139. The topological polar surface area (TPSA) is 86.1 Å². The fraction of sp³-hybridized carbons (Fsp3) is 0.381. The van der Waals surface area contributed by atoms with Crippen molar-refractivity contribution in [3.8, 4) is 0 Å². The van der Waals surface area contributed by atoms with Crippen LogP contribution >= 0.6 is 11.6 Å². The first kappa shape index (κ1) is 20.3. The molecule has 2 aliphatic heterocycles. The molecule has 1 atom stereocenters. The van der Waals surface area contributed by atoms with Crippen molar-refractivity contribution in [2.45, 2.75) is 19.4 Å². The van der Waals surface area contributed by atoms with E-state index in [0.717, 1.165) is 10.6 Å². The SMILES string of the molecule is Cc1ccc(C2(C)NC(=O)N(CC(=O)N3CCN(c4cccc(Cl)c4)CC3)C2=O)o1. The van der Waals surface area contributed by atoms with Gasteiger partial charge in [-0.1, -0.05) is 17.7 Å². The number of urea groups is 1. The van der Waals surface area contributed by atoms with E-state index in [4.69, 9.17) is 16.0 Å². The molecule has 8 nitrogen and oxygen atoms in total. The summed E-state index contributed by atoms with van der Waals surface area (Å²) in [7, 11) is 0. The Morgan fingerprint density at radius 3 is 2.53 bits per heavy atom. The van der Waals surface area contributed by atoms with Gasteiger partial charge in [0.25, 0.3) is 5.91 Å². The molecular weight excluding hydrogens is 408 g/mol. The third-order valence-corrected chi connectivity index (χ3v) is 5.84. The van der Waals surface area contributed by atoms with E-state index in [1.807, 2.05) is 24.3 Å². The standard InChI is InChI=1S/C21H23ClN4O4/c1-14-6-7-17(30-14)21(2)19(28)26(20(29)23-21)13-18(27)25-10-8-24(9-11-25)16-5-3-4-15(22)12-16/h3-7,12H,8-11,13H2,1-2H3,(H,23,29). The molecular formula is C21H23ClN4O4. The zero-order valence-corrected chi connectivity index (χ0v) is 17.6. The van der Waals surface area contributed by atoms with Crippen molar-refractivity contribution in [3.63, 3.8) is 0 Å². The Morgan fingerprint density at radius 2 is 1.90 bits per heavy atom. The number of rotatable bonds is 4. The van der Waals surface area contributed by atoms with Gasteiger partial charge in [0.2, 0.25) is 5.91 Å². The molecule has 30 heavy (non-hydrogen) atoms. The van der Waals surface area contributed by atoms with E-state index in [9.17, 15) is 14.4 Å². The first-order chi connectivity index (χ1) is 14.3. The van der Waals surface area contributed by atoms with Gasteiger partial charge in [-0.25, -0.2) is 4.79 Å². The summed E-state index contributed by atoms with van der Waals surface area (Å²) < 4.78 is 5.55. The molecule has 2 saturated heterocycles. The second-order valence-corrected chi connectivity index (χ2v) is 8.14. The van der Waals surface area contributed by atoms with Crippen molar-refractivity contribution in [1.29, 1.82) is 0 Å². The van der Waals surface area contributed by atoms with Crippen LogP contribution in [0.5, 0.6) is 0 Å². The maximum Gasteiger partial charge on any atom is 0.325 e. The lowest BCUT2D eigenvalue weighted by atomic mass is 9.99. The van der Waals surface area contributed by atoms with Crippen LogP contribution in [0.15, 0.2) is 40.8 Å². The Hall–Kier alpha value is -3.00. The van der Waals surface area contributed by atoms with Crippen LogP contribution in [-0.2, 0) is 15.1 Å². The van der Waals surface area contributed by atoms with Crippen molar-refractivity contribution >= 4 is 35.1 Å². The molecule has 0 aliphatic carbocycles. The lowest BCUT2D eigenvalue weighted by Gasteiger charge is -2.36. The largest absolute Gasteiger partial charge is 0.463 e. The number of benzene rings is 1. The Balaban J connectivity index is 1.38. The average Bonchev–Trinajstić information content (AvgIpc) is 3.26. The minimum atomic E-state index is -1.31. The molecule has 1 aromatic heterocycles. The molecule has 2 aliphatic rings. The van der Waals surface area contributed by atoms with Gasteiger partial charge < -0.3 is 19.5 Å². The summed E-state index contributed by atoms with van der Waals surface area (Å²) in [6, 6.07) is 10.4. The summed E-state index contributed by atoms with van der Waals surface area (Å²) in [5.41, 5.74) is -0.301. The van der Waals surface area contributed by atoms with Gasteiger partial charge in [-0.3, -0.25) is 14.5 Å². The van der Waals surface area contributed by atoms with Gasteiger partial charge in [0.1, 0.15) is 18.1 Å². The second-order valence-electron chi connectivity index (χ2n) is 7.70. The summed E-state index contributed by atoms with van der Waals surface area (Å²) in [5, 5.41) is 3.32. The van der Waals surface area contributed by atoms with Crippen molar-refractivity contribution in [2.75, 3.05) is 37.6 Å². The number of imide groups is 1. The van der Waals surface area contributed by atoms with E-state index in [-0.39, 0.29) is 12.5 Å². The first-order valence-corrected chi connectivity index (χ1v) is 10.1. The van der Waals surface area contributed by atoms with Crippen molar-refractivity contribution in [3.05, 3.63) is 52.9 Å². The monoisotopic (exact) mass is 430 g/mol. The van der Waals surface area contributed by atoms with E-state index in [2.05, 4.69) is 10.2 Å². The fourth-order valence-electron chi connectivity index (χ4n) is 3.83. The van der Waals surface area contributed by atoms with Crippen LogP contribution in [0.2, 0.25) is 5.02 Å². The van der Waals surface area contributed by atoms with Gasteiger partial charge in [0, 0.05) is 36.9 Å². The maximum absolute atomic E-state index is 12.9. The normalized spacial score (nSPS) is 21.9. The smallest absolute Gasteiger partial charge is 0.325 e. The summed E-state index contributed by atoms with van der Waals surface area (Å²) >= 11 is 6.06. The minimum absolute atomic E-state index is 0.260. The number of nitrogens with one attached hydrogen (secondary N) is 1. The Bertz CT molecular complexity index is 998. The zero-order valence-electron chi connectivity index (χ0n) is 16.9. The first-order valence-electron chi connectivity index (χ1n) is 9.77. The molecule has 1 unspecified atom stereocenters. The molecule has 1 aromatic carbocycles. The number of hydrogen-bond acceptors (Lipinski definition) is 5. The third kappa shape index (κ3) is 3.63. The van der Waals surface area contributed by atoms with Crippen LogP contribution in [0, 0.1) is 6.92 Å². The number of halogens is 1. The highest BCUT2D eigenvalue weighted by Gasteiger charge is 2.51. The fourth-order valence-corrected chi connectivity index (χ4v) is 4.02. The van der Waals surface area contributed by atoms with Crippen molar-refractivity contribution in [2.24, 2.45) is 0 Å². The van der Waals surface area contributed by atoms with Crippen LogP contribution < -0.4 is 10.2 Å². The second kappa shape index (κ2) is 7.68. The van der Waals surface area contributed by atoms with E-state index in [0.29, 0.717) is 42.7 Å². The van der Waals surface area contributed by atoms with Crippen LogP contribution in [0.4, 0.5) is 10.5 Å². The molecule has 0 saturated carbocycles. The van der Waals surface area contributed by atoms with Gasteiger partial charge in [-0.05, 0) is 44.2 Å². The predicted octanol–water partition coefficient (Wildman–Crippen LogP) is 2.36. The summed E-state index contributed by atoms with van der Waals surface area (Å²) in [6.07, 6.45) is 0. The van der Waals surface area contributed by atoms with Crippen LogP contribution in [0.25, 0.3) is 0 Å². The minimum Gasteiger partial charge on any atom is -0.463 e. The van der Waals surface area contributed by atoms with Gasteiger partial charge >= 0.3 is 6.03 Å². The van der Waals surface area contributed by atoms with Gasteiger partial charge in [0.05, 0.1) is 0 Å². The highest BCUT2D eigenvalue weighted by atomic mass is 35.5. The molecule has 158 valence electrons. The summed E-state index contributed by atoms with van der Waals surface area (Å²) in [5.74, 6) is 0.237. The van der Waals surface area contributed by atoms with E-state index in [1.165, 1.54) is 0 Å². The Kier molecular flexibility index (Phi) is 5.19. The number of aryl methyl sites for hydroxylation is 1. The number of carbonyl (C=O) groups is 3. The number of carbonyl (C=O) groups excluding carboxylic acids is 3. The predicted molar refractivity (Wildman–Crippen MR) is 111 cm³/mol. The number of hydrogen-bond donors (Lipinski definition) is 1. The van der Waals surface area contributed by atoms with E-state index >= 15 is 0 Å². The maximum atomic E-state index is 12.9. The number of piperazine rings is 1. The molecule has 4 rings (SSSR count). The Morgan fingerprint density at radius 1 is 1.17 bits per heavy atom. The highest BCUT2D eigenvalue weighted by Crippen LogP contribution is 2.30. The molecule has 4 amide bonds. The summed E-state index contributed by atoms with van der Waals surface area (Å²) in [6.45, 7) is 5.35. The van der Waals surface area contributed by atoms with Crippen LogP contribution in [0.1, 0.15) is 18.4 Å². The van der Waals surface area contributed by atoms with Crippen LogP contribution in [-0.4, -0.2) is 60.4 Å². The molecule has 2 aromatic rings. The average molecular weight is 431 g/mol. The number of amides is 4. The van der Waals surface area contributed by atoms with Crippen LogP contribution in [0.3, 0.4) is 0 Å². The molecule has 0 bridgehead atoms. The molecule has 0 spiro atoms. The highest BCUT2D eigenvalue weighted by molar-refractivity contribution is 6.30. The molecule has 3 heterocycles. The third-order valence-electron chi connectivity index (χ3n) is 5.61.